The first-order valence-electron chi connectivity index (χ1n) is 6.80. The van der Waals surface area contributed by atoms with E-state index in [4.69, 9.17) is 0 Å². The molecule has 1 amide bonds. The molecule has 0 aliphatic heterocycles. The lowest BCUT2D eigenvalue weighted by Gasteiger charge is -2.29. The normalized spacial score (nSPS) is 22.2. The average Bonchev–Trinajstić information content (AvgIpc) is 2.47. The number of aliphatic carboxylic acids is 1. The number of benzene rings is 1. The number of amides is 1. The third-order valence-electron chi connectivity index (χ3n) is 3.75. The minimum Gasteiger partial charge on any atom is -0.481 e. The lowest BCUT2D eigenvalue weighted by atomic mass is 9.84. The number of thioether (sulfide) groups is 1. The molecular formula is C15H19NO3S. The van der Waals surface area contributed by atoms with Gasteiger partial charge in [-0.1, -0.05) is 25.0 Å². The van der Waals surface area contributed by atoms with Crippen molar-refractivity contribution in [3.63, 3.8) is 0 Å². The Balaban J connectivity index is 2.11. The molecule has 1 aliphatic rings. The van der Waals surface area contributed by atoms with Crippen LogP contribution in [0.15, 0.2) is 29.2 Å². The van der Waals surface area contributed by atoms with Gasteiger partial charge < -0.3 is 10.4 Å². The summed E-state index contributed by atoms with van der Waals surface area (Å²) in [6.45, 7) is 0. The van der Waals surface area contributed by atoms with E-state index in [0.717, 1.165) is 24.2 Å². The van der Waals surface area contributed by atoms with Crippen LogP contribution in [0.3, 0.4) is 0 Å². The van der Waals surface area contributed by atoms with Crippen LogP contribution in [0.5, 0.6) is 0 Å². The fourth-order valence-corrected chi connectivity index (χ4v) is 3.27. The monoisotopic (exact) mass is 293 g/mol. The zero-order valence-electron chi connectivity index (χ0n) is 11.5. The molecular weight excluding hydrogens is 274 g/mol. The summed E-state index contributed by atoms with van der Waals surface area (Å²) in [5.74, 6) is -1.45. The topological polar surface area (TPSA) is 66.4 Å². The molecule has 20 heavy (non-hydrogen) atoms. The maximum atomic E-state index is 12.3. The summed E-state index contributed by atoms with van der Waals surface area (Å²) in [6, 6.07) is 7.13. The predicted octanol–water partition coefficient (Wildman–Crippen LogP) is 2.78. The van der Waals surface area contributed by atoms with Crippen molar-refractivity contribution in [2.75, 3.05) is 6.26 Å². The smallest absolute Gasteiger partial charge is 0.308 e. The lowest BCUT2D eigenvalue weighted by molar-refractivity contribution is -0.143. The molecule has 2 atom stereocenters. The van der Waals surface area contributed by atoms with Crippen LogP contribution < -0.4 is 5.32 Å². The lowest BCUT2D eigenvalue weighted by Crippen LogP contribution is -2.45. The molecule has 5 heteroatoms. The van der Waals surface area contributed by atoms with Crippen LogP contribution in [0.1, 0.15) is 36.0 Å². The summed E-state index contributed by atoms with van der Waals surface area (Å²) in [4.78, 5) is 24.5. The van der Waals surface area contributed by atoms with Crippen LogP contribution in [0.25, 0.3) is 0 Å². The number of carbonyl (C=O) groups is 2. The fourth-order valence-electron chi connectivity index (χ4n) is 2.68. The van der Waals surface area contributed by atoms with Gasteiger partial charge in [-0.15, -0.1) is 11.8 Å². The Morgan fingerprint density at radius 3 is 2.65 bits per heavy atom. The van der Waals surface area contributed by atoms with E-state index in [-0.39, 0.29) is 11.9 Å². The van der Waals surface area contributed by atoms with Gasteiger partial charge in [0.25, 0.3) is 5.91 Å². The van der Waals surface area contributed by atoms with Gasteiger partial charge in [0.2, 0.25) is 0 Å². The summed E-state index contributed by atoms with van der Waals surface area (Å²) in [6.07, 6.45) is 5.20. The Morgan fingerprint density at radius 2 is 1.95 bits per heavy atom. The van der Waals surface area contributed by atoms with Crippen molar-refractivity contribution in [2.45, 2.75) is 36.6 Å². The number of carboxylic acids is 1. The third kappa shape index (κ3) is 3.33. The Morgan fingerprint density at radius 1 is 1.25 bits per heavy atom. The van der Waals surface area contributed by atoms with Gasteiger partial charge in [0.15, 0.2) is 0 Å². The van der Waals surface area contributed by atoms with Crippen molar-refractivity contribution < 1.29 is 14.7 Å². The molecule has 4 nitrogen and oxygen atoms in total. The van der Waals surface area contributed by atoms with Gasteiger partial charge in [-0.3, -0.25) is 9.59 Å². The van der Waals surface area contributed by atoms with Crippen molar-refractivity contribution in [3.05, 3.63) is 29.8 Å². The number of hydrogen-bond acceptors (Lipinski definition) is 3. The molecule has 1 saturated carbocycles. The standard InChI is InChI=1S/C15H19NO3S/c1-20-13-9-5-3-7-11(13)14(17)16-12-8-4-2-6-10(12)15(18)19/h3,5,7,9-10,12H,2,4,6,8H2,1H3,(H,16,17)(H,18,19). The van der Waals surface area contributed by atoms with Crippen LogP contribution >= 0.6 is 11.8 Å². The first kappa shape index (κ1) is 14.9. The predicted molar refractivity (Wildman–Crippen MR) is 79.1 cm³/mol. The molecule has 0 spiro atoms. The van der Waals surface area contributed by atoms with Crippen molar-refractivity contribution in [3.8, 4) is 0 Å². The first-order valence-corrected chi connectivity index (χ1v) is 8.02. The van der Waals surface area contributed by atoms with E-state index in [2.05, 4.69) is 5.32 Å². The van der Waals surface area contributed by atoms with Crippen LogP contribution in [-0.2, 0) is 4.79 Å². The highest BCUT2D eigenvalue weighted by Gasteiger charge is 2.32. The van der Waals surface area contributed by atoms with Crippen molar-refractivity contribution >= 4 is 23.6 Å². The molecule has 0 bridgehead atoms. The number of carboxylic acid groups (broad SMARTS) is 1. The number of hydrogen-bond donors (Lipinski definition) is 2. The molecule has 1 aliphatic carbocycles. The summed E-state index contributed by atoms with van der Waals surface area (Å²) in [7, 11) is 0. The van der Waals surface area contributed by atoms with Crippen molar-refractivity contribution in [2.24, 2.45) is 5.92 Å². The maximum absolute atomic E-state index is 12.3. The van der Waals surface area contributed by atoms with E-state index in [1.165, 1.54) is 11.8 Å². The fraction of sp³-hybridized carbons (Fsp3) is 0.467. The molecule has 1 aromatic carbocycles. The number of nitrogens with one attached hydrogen (secondary N) is 1. The van der Waals surface area contributed by atoms with Gasteiger partial charge in [-0.05, 0) is 31.2 Å². The summed E-state index contributed by atoms with van der Waals surface area (Å²) < 4.78 is 0. The van der Waals surface area contributed by atoms with Gasteiger partial charge in [0, 0.05) is 10.9 Å². The van der Waals surface area contributed by atoms with E-state index in [9.17, 15) is 14.7 Å². The molecule has 108 valence electrons. The van der Waals surface area contributed by atoms with Gasteiger partial charge >= 0.3 is 5.97 Å². The van der Waals surface area contributed by atoms with Crippen LogP contribution in [0.2, 0.25) is 0 Å². The molecule has 0 saturated heterocycles. The van der Waals surface area contributed by atoms with Gasteiger partial charge in [0.05, 0.1) is 11.5 Å². The van der Waals surface area contributed by atoms with Crippen molar-refractivity contribution in [1.82, 2.24) is 5.32 Å². The van der Waals surface area contributed by atoms with E-state index < -0.39 is 11.9 Å². The van der Waals surface area contributed by atoms with E-state index in [1.54, 1.807) is 6.07 Å². The molecule has 1 fully saturated rings. The van der Waals surface area contributed by atoms with E-state index in [0.29, 0.717) is 12.0 Å². The van der Waals surface area contributed by atoms with Crippen LogP contribution in [0.4, 0.5) is 0 Å². The highest BCUT2D eigenvalue weighted by atomic mass is 32.2. The minimum atomic E-state index is -0.812. The summed E-state index contributed by atoms with van der Waals surface area (Å²) in [5, 5.41) is 12.1. The Hall–Kier alpha value is -1.49. The average molecular weight is 293 g/mol. The largest absolute Gasteiger partial charge is 0.481 e. The minimum absolute atomic E-state index is 0.173. The molecule has 2 rings (SSSR count). The first-order chi connectivity index (χ1) is 9.63. The van der Waals surface area contributed by atoms with Crippen LogP contribution in [0, 0.1) is 5.92 Å². The second-order valence-electron chi connectivity index (χ2n) is 5.01. The van der Waals surface area contributed by atoms with Crippen molar-refractivity contribution in [1.29, 1.82) is 0 Å². The zero-order chi connectivity index (χ0) is 14.5. The zero-order valence-corrected chi connectivity index (χ0v) is 12.3. The van der Waals surface area contributed by atoms with E-state index >= 15 is 0 Å². The summed E-state index contributed by atoms with van der Waals surface area (Å²) in [5.41, 5.74) is 0.620. The molecule has 2 N–H and O–H groups in total. The Kier molecular flexibility index (Phi) is 5.06. The van der Waals surface area contributed by atoms with Crippen LogP contribution in [-0.4, -0.2) is 29.3 Å². The molecule has 0 aromatic heterocycles. The number of carbonyl (C=O) groups excluding carboxylic acids is 1. The van der Waals surface area contributed by atoms with E-state index in [1.807, 2.05) is 24.5 Å². The molecule has 0 radical (unpaired) electrons. The SMILES string of the molecule is CSc1ccccc1C(=O)NC1CCCCC1C(=O)O. The second-order valence-corrected chi connectivity index (χ2v) is 5.86. The van der Waals surface area contributed by atoms with Gasteiger partial charge in [-0.2, -0.15) is 0 Å². The highest BCUT2D eigenvalue weighted by molar-refractivity contribution is 7.98. The third-order valence-corrected chi connectivity index (χ3v) is 4.55. The Bertz CT molecular complexity index is 504. The van der Waals surface area contributed by atoms with Gasteiger partial charge in [0.1, 0.15) is 0 Å². The highest BCUT2D eigenvalue weighted by Crippen LogP contribution is 2.26. The maximum Gasteiger partial charge on any atom is 0.308 e. The summed E-state index contributed by atoms with van der Waals surface area (Å²) >= 11 is 1.52. The Labute approximate surface area is 123 Å². The number of rotatable bonds is 4. The molecule has 0 heterocycles. The van der Waals surface area contributed by atoms with Gasteiger partial charge in [-0.25, -0.2) is 0 Å². The quantitative estimate of drug-likeness (QED) is 0.838. The molecule has 2 unspecified atom stereocenters. The second kappa shape index (κ2) is 6.79. The molecule has 1 aromatic rings.